The van der Waals surface area contributed by atoms with Crippen molar-refractivity contribution in [3.63, 3.8) is 0 Å². The van der Waals surface area contributed by atoms with Gasteiger partial charge in [0, 0.05) is 11.6 Å². The average Bonchev–Trinajstić information content (AvgIpc) is 2.30. The van der Waals surface area contributed by atoms with Crippen molar-refractivity contribution in [2.75, 3.05) is 7.11 Å². The minimum atomic E-state index is -0.741. The fourth-order valence-corrected chi connectivity index (χ4v) is 1.53. The van der Waals surface area contributed by atoms with Gasteiger partial charge in [-0.3, -0.25) is 10.1 Å². The maximum Gasteiger partial charge on any atom is 0.349 e. The number of esters is 1. The van der Waals surface area contributed by atoms with Crippen LogP contribution in [-0.4, -0.2) is 18.0 Å². The molecule has 0 fully saturated rings. The SMILES string of the molecule is COC(=O)/C(Cl)=C/c1cccc([N+](=O)[O-])c1Cl. The molecule has 0 aliphatic rings. The molecule has 0 atom stereocenters. The number of hydrogen-bond donors (Lipinski definition) is 0. The molecule has 0 amide bonds. The molecule has 1 rings (SSSR count). The van der Waals surface area contributed by atoms with Gasteiger partial charge in [-0.2, -0.15) is 0 Å². The highest BCUT2D eigenvalue weighted by Gasteiger charge is 2.15. The van der Waals surface area contributed by atoms with Crippen LogP contribution in [0.4, 0.5) is 5.69 Å². The second-order valence-electron chi connectivity index (χ2n) is 2.92. The summed E-state index contributed by atoms with van der Waals surface area (Å²) in [7, 11) is 1.17. The van der Waals surface area contributed by atoms with Gasteiger partial charge in [0.25, 0.3) is 5.69 Å². The van der Waals surface area contributed by atoms with Crippen LogP contribution in [0.2, 0.25) is 5.02 Å². The molecule has 1 aromatic carbocycles. The number of carbonyl (C=O) groups excluding carboxylic acids is 1. The van der Waals surface area contributed by atoms with Crippen molar-refractivity contribution in [3.8, 4) is 0 Å². The first-order chi connectivity index (χ1) is 7.97. The highest BCUT2D eigenvalue weighted by molar-refractivity contribution is 6.43. The molecule has 0 aliphatic heterocycles. The number of hydrogen-bond acceptors (Lipinski definition) is 4. The Balaban J connectivity index is 3.21. The lowest BCUT2D eigenvalue weighted by molar-refractivity contribution is -0.384. The summed E-state index contributed by atoms with van der Waals surface area (Å²) in [5.41, 5.74) is 0.0195. The molecule has 0 spiro atoms. The number of nitro groups is 1. The van der Waals surface area contributed by atoms with E-state index in [2.05, 4.69) is 4.74 Å². The number of rotatable bonds is 3. The zero-order valence-corrected chi connectivity index (χ0v) is 10.2. The van der Waals surface area contributed by atoms with Crippen molar-refractivity contribution >= 4 is 40.9 Å². The Morgan fingerprint density at radius 3 is 2.71 bits per heavy atom. The van der Waals surface area contributed by atoms with Crippen molar-refractivity contribution in [2.45, 2.75) is 0 Å². The molecule has 7 heteroatoms. The lowest BCUT2D eigenvalue weighted by Gasteiger charge is -2.01. The topological polar surface area (TPSA) is 69.4 Å². The highest BCUT2D eigenvalue weighted by Crippen LogP contribution is 2.29. The van der Waals surface area contributed by atoms with Crippen LogP contribution in [0.3, 0.4) is 0 Å². The van der Waals surface area contributed by atoms with Gasteiger partial charge in [-0.15, -0.1) is 0 Å². The van der Waals surface area contributed by atoms with Crippen molar-refractivity contribution < 1.29 is 14.5 Å². The third-order valence-electron chi connectivity index (χ3n) is 1.87. The zero-order valence-electron chi connectivity index (χ0n) is 8.65. The maximum atomic E-state index is 11.0. The van der Waals surface area contributed by atoms with Crippen LogP contribution in [0.15, 0.2) is 23.2 Å². The van der Waals surface area contributed by atoms with E-state index in [-0.39, 0.29) is 21.3 Å². The summed E-state index contributed by atoms with van der Waals surface area (Å²) in [6.07, 6.45) is 1.21. The molecule has 0 saturated heterocycles. The van der Waals surface area contributed by atoms with E-state index in [0.717, 1.165) is 0 Å². The van der Waals surface area contributed by atoms with E-state index in [4.69, 9.17) is 23.2 Å². The van der Waals surface area contributed by atoms with Crippen LogP contribution in [0.25, 0.3) is 6.08 Å². The van der Waals surface area contributed by atoms with Crippen LogP contribution in [0.1, 0.15) is 5.56 Å². The van der Waals surface area contributed by atoms with Crippen LogP contribution < -0.4 is 0 Å². The van der Waals surface area contributed by atoms with E-state index < -0.39 is 10.9 Å². The molecule has 0 N–H and O–H groups in total. The van der Waals surface area contributed by atoms with E-state index in [0.29, 0.717) is 0 Å². The lowest BCUT2D eigenvalue weighted by Crippen LogP contribution is -1.99. The Morgan fingerprint density at radius 1 is 1.53 bits per heavy atom. The Morgan fingerprint density at radius 2 is 2.18 bits per heavy atom. The summed E-state index contributed by atoms with van der Waals surface area (Å²) < 4.78 is 4.39. The first-order valence-electron chi connectivity index (χ1n) is 4.35. The van der Waals surface area contributed by atoms with Crippen LogP contribution >= 0.6 is 23.2 Å². The lowest BCUT2D eigenvalue weighted by atomic mass is 10.2. The Kier molecular flexibility index (Phi) is 4.48. The number of nitrogens with zero attached hydrogens (tertiary/aromatic N) is 1. The molecule has 0 bridgehead atoms. The van der Waals surface area contributed by atoms with Crippen LogP contribution in [-0.2, 0) is 9.53 Å². The molecule has 0 aromatic heterocycles. The van der Waals surface area contributed by atoms with Gasteiger partial charge in [-0.05, 0) is 6.08 Å². The van der Waals surface area contributed by atoms with Gasteiger partial charge in [0.15, 0.2) is 0 Å². The minimum Gasteiger partial charge on any atom is -0.465 e. The van der Waals surface area contributed by atoms with Gasteiger partial charge < -0.3 is 4.74 Å². The van der Waals surface area contributed by atoms with E-state index in [1.165, 1.54) is 31.4 Å². The van der Waals surface area contributed by atoms with Crippen LogP contribution in [0.5, 0.6) is 0 Å². The minimum absolute atomic E-state index is 0.0837. The smallest absolute Gasteiger partial charge is 0.349 e. The molecular weight excluding hydrogens is 269 g/mol. The molecule has 1 aromatic rings. The van der Waals surface area contributed by atoms with Gasteiger partial charge in [0.05, 0.1) is 12.0 Å². The normalized spacial score (nSPS) is 11.1. The second kappa shape index (κ2) is 5.65. The number of benzene rings is 1. The predicted octanol–water partition coefficient (Wildman–Crippen LogP) is 3.00. The fraction of sp³-hybridized carbons (Fsp3) is 0.100. The van der Waals surface area contributed by atoms with E-state index in [1.54, 1.807) is 0 Å². The first-order valence-corrected chi connectivity index (χ1v) is 5.11. The van der Waals surface area contributed by atoms with E-state index in [1.807, 2.05) is 0 Å². The molecule has 90 valence electrons. The number of nitro benzene ring substituents is 1. The molecule has 0 unspecified atom stereocenters. The Hall–Kier alpha value is -1.59. The van der Waals surface area contributed by atoms with Gasteiger partial charge in [0.2, 0.25) is 0 Å². The van der Waals surface area contributed by atoms with Crippen molar-refractivity contribution in [3.05, 3.63) is 43.9 Å². The summed E-state index contributed by atoms with van der Waals surface area (Å²) in [4.78, 5) is 21.1. The number of ether oxygens (including phenoxy) is 1. The highest BCUT2D eigenvalue weighted by atomic mass is 35.5. The quantitative estimate of drug-likeness (QED) is 0.368. The molecule has 5 nitrogen and oxygen atoms in total. The summed E-state index contributed by atoms with van der Waals surface area (Å²) >= 11 is 11.4. The predicted molar refractivity (Wildman–Crippen MR) is 64.0 cm³/mol. The van der Waals surface area contributed by atoms with Gasteiger partial charge in [-0.25, -0.2) is 4.79 Å². The van der Waals surface area contributed by atoms with Gasteiger partial charge >= 0.3 is 5.97 Å². The summed E-state index contributed by atoms with van der Waals surface area (Å²) in [6, 6.07) is 4.20. The average molecular weight is 276 g/mol. The third kappa shape index (κ3) is 3.18. The van der Waals surface area contributed by atoms with Crippen molar-refractivity contribution in [2.24, 2.45) is 0 Å². The Labute approximate surface area is 107 Å². The molecule has 0 saturated carbocycles. The summed E-state index contributed by atoms with van der Waals surface area (Å²) in [6.45, 7) is 0. The molecule has 0 aliphatic carbocycles. The standard InChI is InChI=1S/C10H7Cl2NO4/c1-17-10(14)7(11)5-6-3-2-4-8(9(6)12)13(15)16/h2-5H,1H3/b7-5-. The molecule has 0 radical (unpaired) electrons. The summed E-state index contributed by atoms with van der Waals surface area (Å²) in [5, 5.41) is 10.3. The van der Waals surface area contributed by atoms with E-state index >= 15 is 0 Å². The largest absolute Gasteiger partial charge is 0.465 e. The number of methoxy groups -OCH3 is 1. The van der Waals surface area contributed by atoms with Gasteiger partial charge in [0.1, 0.15) is 10.1 Å². The van der Waals surface area contributed by atoms with Crippen molar-refractivity contribution in [1.82, 2.24) is 0 Å². The maximum absolute atomic E-state index is 11.0. The monoisotopic (exact) mass is 275 g/mol. The third-order valence-corrected chi connectivity index (χ3v) is 2.54. The molecule has 0 heterocycles. The number of halogens is 2. The molecule has 17 heavy (non-hydrogen) atoms. The Bertz CT molecular complexity index is 499. The van der Waals surface area contributed by atoms with E-state index in [9.17, 15) is 14.9 Å². The second-order valence-corrected chi connectivity index (χ2v) is 3.71. The van der Waals surface area contributed by atoms with Crippen molar-refractivity contribution in [1.29, 1.82) is 0 Å². The first kappa shape index (κ1) is 13.5. The van der Waals surface area contributed by atoms with Gasteiger partial charge in [-0.1, -0.05) is 35.3 Å². The summed E-state index contributed by atoms with van der Waals surface area (Å²) in [5.74, 6) is -0.741. The van der Waals surface area contributed by atoms with Crippen LogP contribution in [0, 0.1) is 10.1 Å². The molecular formula is C10H7Cl2NO4. The fourth-order valence-electron chi connectivity index (χ4n) is 1.08. The zero-order chi connectivity index (χ0) is 13.0. The number of carbonyl (C=O) groups is 1.